The van der Waals surface area contributed by atoms with Crippen molar-refractivity contribution in [3.05, 3.63) is 23.4 Å². The van der Waals surface area contributed by atoms with Gasteiger partial charge in [0, 0.05) is 6.54 Å². The SMILES string of the molecule is CC(O)(CN)Cc1nc(-c2cccs2)no1. The number of nitrogens with zero attached hydrogens (tertiary/aromatic N) is 2. The first-order chi connectivity index (χ1) is 7.61. The van der Waals surface area contributed by atoms with Crippen LogP contribution in [0.15, 0.2) is 22.0 Å². The Morgan fingerprint density at radius 3 is 3.06 bits per heavy atom. The van der Waals surface area contributed by atoms with E-state index in [1.54, 1.807) is 18.3 Å². The van der Waals surface area contributed by atoms with Crippen molar-refractivity contribution in [1.29, 1.82) is 0 Å². The second-order valence-corrected chi connectivity index (χ2v) is 4.81. The van der Waals surface area contributed by atoms with Crippen molar-refractivity contribution in [3.63, 3.8) is 0 Å². The molecule has 2 heterocycles. The highest BCUT2D eigenvalue weighted by atomic mass is 32.1. The number of nitrogens with two attached hydrogens (primary N) is 1. The van der Waals surface area contributed by atoms with E-state index >= 15 is 0 Å². The summed E-state index contributed by atoms with van der Waals surface area (Å²) >= 11 is 1.54. The van der Waals surface area contributed by atoms with E-state index in [-0.39, 0.29) is 13.0 Å². The van der Waals surface area contributed by atoms with Crippen molar-refractivity contribution in [1.82, 2.24) is 10.1 Å². The number of aromatic nitrogens is 2. The van der Waals surface area contributed by atoms with E-state index in [2.05, 4.69) is 10.1 Å². The lowest BCUT2D eigenvalue weighted by atomic mass is 10.0. The van der Waals surface area contributed by atoms with Gasteiger partial charge in [-0.05, 0) is 18.4 Å². The first-order valence-electron chi connectivity index (χ1n) is 4.90. The summed E-state index contributed by atoms with van der Waals surface area (Å²) in [5.74, 6) is 0.955. The fraction of sp³-hybridized carbons (Fsp3) is 0.400. The highest BCUT2D eigenvalue weighted by Gasteiger charge is 2.22. The van der Waals surface area contributed by atoms with Crippen LogP contribution in [-0.2, 0) is 6.42 Å². The molecular formula is C10H13N3O2S. The molecule has 3 N–H and O–H groups in total. The zero-order valence-corrected chi connectivity index (χ0v) is 9.70. The third-order valence-electron chi connectivity index (χ3n) is 2.18. The maximum atomic E-state index is 9.77. The largest absolute Gasteiger partial charge is 0.388 e. The average Bonchev–Trinajstić information content (AvgIpc) is 2.86. The van der Waals surface area contributed by atoms with E-state index in [0.717, 1.165) is 4.88 Å². The topological polar surface area (TPSA) is 85.2 Å². The van der Waals surface area contributed by atoms with Gasteiger partial charge in [0.05, 0.1) is 16.9 Å². The molecular weight excluding hydrogens is 226 g/mol. The van der Waals surface area contributed by atoms with Gasteiger partial charge < -0.3 is 15.4 Å². The fourth-order valence-electron chi connectivity index (χ4n) is 1.23. The molecule has 86 valence electrons. The molecule has 0 amide bonds. The van der Waals surface area contributed by atoms with Crippen LogP contribution in [0.1, 0.15) is 12.8 Å². The summed E-state index contributed by atoms with van der Waals surface area (Å²) in [5, 5.41) is 15.6. The molecule has 0 radical (unpaired) electrons. The van der Waals surface area contributed by atoms with Crippen LogP contribution in [0.5, 0.6) is 0 Å². The van der Waals surface area contributed by atoms with Crippen LogP contribution in [0.25, 0.3) is 10.7 Å². The molecule has 0 saturated heterocycles. The molecule has 1 atom stereocenters. The monoisotopic (exact) mass is 239 g/mol. The Hall–Kier alpha value is -1.24. The first kappa shape index (κ1) is 11.3. The normalized spacial score (nSPS) is 14.9. The minimum absolute atomic E-state index is 0.156. The average molecular weight is 239 g/mol. The van der Waals surface area contributed by atoms with Crippen LogP contribution >= 0.6 is 11.3 Å². The summed E-state index contributed by atoms with van der Waals surface area (Å²) in [6, 6.07) is 3.84. The highest BCUT2D eigenvalue weighted by molar-refractivity contribution is 7.13. The van der Waals surface area contributed by atoms with Crippen LogP contribution in [0.2, 0.25) is 0 Å². The molecule has 6 heteroatoms. The van der Waals surface area contributed by atoms with E-state index in [9.17, 15) is 5.11 Å². The number of rotatable bonds is 4. The molecule has 1 unspecified atom stereocenters. The second-order valence-electron chi connectivity index (χ2n) is 3.87. The van der Waals surface area contributed by atoms with Crippen LogP contribution in [0.3, 0.4) is 0 Å². The maximum absolute atomic E-state index is 9.77. The quantitative estimate of drug-likeness (QED) is 0.833. The number of aliphatic hydroxyl groups is 1. The predicted octanol–water partition coefficient (Wildman–Crippen LogP) is 1.05. The lowest BCUT2D eigenvalue weighted by Crippen LogP contribution is -2.36. The Morgan fingerprint density at radius 2 is 2.44 bits per heavy atom. The van der Waals surface area contributed by atoms with Crippen molar-refractivity contribution in [2.75, 3.05) is 6.54 Å². The van der Waals surface area contributed by atoms with E-state index in [1.165, 1.54) is 0 Å². The molecule has 0 bridgehead atoms. The molecule has 0 aliphatic carbocycles. The van der Waals surface area contributed by atoms with Gasteiger partial charge in [0.15, 0.2) is 0 Å². The number of hydrogen-bond acceptors (Lipinski definition) is 6. The van der Waals surface area contributed by atoms with E-state index in [4.69, 9.17) is 10.3 Å². The van der Waals surface area contributed by atoms with Gasteiger partial charge in [0.1, 0.15) is 0 Å². The summed E-state index contributed by atoms with van der Waals surface area (Å²) in [4.78, 5) is 5.15. The maximum Gasteiger partial charge on any atom is 0.229 e. The highest BCUT2D eigenvalue weighted by Crippen LogP contribution is 2.22. The summed E-state index contributed by atoms with van der Waals surface area (Å²) in [6.07, 6.45) is 0.266. The molecule has 2 aromatic heterocycles. The van der Waals surface area contributed by atoms with Gasteiger partial charge in [0.2, 0.25) is 11.7 Å². The summed E-state index contributed by atoms with van der Waals surface area (Å²) in [5.41, 5.74) is 4.42. The zero-order valence-electron chi connectivity index (χ0n) is 8.88. The smallest absolute Gasteiger partial charge is 0.229 e. The summed E-state index contributed by atoms with van der Waals surface area (Å²) in [7, 11) is 0. The van der Waals surface area contributed by atoms with Crippen molar-refractivity contribution in [2.45, 2.75) is 18.9 Å². The molecule has 0 aliphatic rings. The summed E-state index contributed by atoms with van der Waals surface area (Å²) in [6.45, 7) is 1.80. The lowest BCUT2D eigenvalue weighted by molar-refractivity contribution is 0.0610. The zero-order chi connectivity index (χ0) is 11.6. The molecule has 0 saturated carbocycles. The fourth-order valence-corrected chi connectivity index (χ4v) is 1.88. The van der Waals surface area contributed by atoms with Crippen molar-refractivity contribution < 1.29 is 9.63 Å². The van der Waals surface area contributed by atoms with Gasteiger partial charge in [-0.1, -0.05) is 11.2 Å². The van der Waals surface area contributed by atoms with E-state index in [0.29, 0.717) is 11.7 Å². The standard InChI is InChI=1S/C10H13N3O2S/c1-10(14,6-11)5-8-12-9(13-15-8)7-3-2-4-16-7/h2-4,14H,5-6,11H2,1H3. The molecule has 0 spiro atoms. The van der Waals surface area contributed by atoms with Crippen LogP contribution in [0, 0.1) is 0 Å². The van der Waals surface area contributed by atoms with Crippen LogP contribution in [0.4, 0.5) is 0 Å². The van der Waals surface area contributed by atoms with Crippen LogP contribution < -0.4 is 5.73 Å². The van der Waals surface area contributed by atoms with Crippen molar-refractivity contribution in [3.8, 4) is 10.7 Å². The second kappa shape index (κ2) is 4.32. The van der Waals surface area contributed by atoms with Gasteiger partial charge >= 0.3 is 0 Å². The number of hydrogen-bond donors (Lipinski definition) is 2. The molecule has 16 heavy (non-hydrogen) atoms. The van der Waals surface area contributed by atoms with Gasteiger partial charge in [-0.15, -0.1) is 11.3 Å². The summed E-state index contributed by atoms with van der Waals surface area (Å²) < 4.78 is 5.06. The molecule has 0 aromatic carbocycles. The molecule has 2 aromatic rings. The van der Waals surface area contributed by atoms with Gasteiger partial charge in [-0.2, -0.15) is 4.98 Å². The minimum Gasteiger partial charge on any atom is -0.388 e. The predicted molar refractivity (Wildman–Crippen MR) is 61.0 cm³/mol. The van der Waals surface area contributed by atoms with Crippen LogP contribution in [-0.4, -0.2) is 27.4 Å². The molecule has 0 aliphatic heterocycles. The lowest BCUT2D eigenvalue weighted by Gasteiger charge is -2.17. The Morgan fingerprint density at radius 1 is 1.62 bits per heavy atom. The molecule has 2 rings (SSSR count). The van der Waals surface area contributed by atoms with E-state index in [1.807, 2.05) is 17.5 Å². The Balaban J connectivity index is 2.14. The Bertz CT molecular complexity index is 450. The molecule has 5 nitrogen and oxygen atoms in total. The van der Waals surface area contributed by atoms with Gasteiger partial charge in [-0.3, -0.25) is 0 Å². The third-order valence-corrected chi connectivity index (χ3v) is 3.05. The third kappa shape index (κ3) is 2.46. The van der Waals surface area contributed by atoms with E-state index < -0.39 is 5.60 Å². The van der Waals surface area contributed by atoms with Crippen molar-refractivity contribution in [2.24, 2.45) is 5.73 Å². The van der Waals surface area contributed by atoms with Gasteiger partial charge in [-0.25, -0.2) is 0 Å². The molecule has 0 fully saturated rings. The Kier molecular flexibility index (Phi) is 3.04. The van der Waals surface area contributed by atoms with Crippen molar-refractivity contribution >= 4 is 11.3 Å². The number of thiophene rings is 1. The van der Waals surface area contributed by atoms with Gasteiger partial charge in [0.25, 0.3) is 0 Å². The Labute approximate surface area is 96.9 Å². The minimum atomic E-state index is -1.00. The first-order valence-corrected chi connectivity index (χ1v) is 5.77.